The van der Waals surface area contributed by atoms with E-state index in [1.165, 1.54) is 5.56 Å². The van der Waals surface area contributed by atoms with E-state index in [0.29, 0.717) is 11.0 Å². The maximum atomic E-state index is 5.19. The number of thiocarbonyl (C=S) groups is 1. The second-order valence-corrected chi connectivity index (χ2v) is 4.69. The van der Waals surface area contributed by atoms with Crippen molar-refractivity contribution in [3.63, 3.8) is 0 Å². The highest BCUT2D eigenvalue weighted by molar-refractivity contribution is 7.80. The minimum atomic E-state index is 0.599. The predicted octanol–water partition coefficient (Wildman–Crippen LogP) is 3.19. The molecule has 88 valence electrons. The molecule has 0 amide bonds. The summed E-state index contributed by atoms with van der Waals surface area (Å²) in [5.74, 6) is 0.599. The van der Waals surface area contributed by atoms with Crippen LogP contribution in [0.4, 0.5) is 5.69 Å². The van der Waals surface area contributed by atoms with Crippen molar-refractivity contribution < 1.29 is 0 Å². The molecule has 0 aliphatic heterocycles. The number of rotatable bonds is 4. The Bertz CT molecular complexity index is 330. The number of anilines is 1. The Hall–Kier alpha value is -1.09. The number of aryl methyl sites for hydroxylation is 1. The highest BCUT2D eigenvalue weighted by atomic mass is 32.1. The Morgan fingerprint density at radius 2 is 1.88 bits per heavy atom. The lowest BCUT2D eigenvalue weighted by atomic mass is 10.1. The SMILES string of the molecule is CCc1ccc(NC(=S)NCC(C)C)cc1. The Labute approximate surface area is 103 Å². The Kier molecular flexibility index (Phi) is 5.26. The first kappa shape index (κ1) is 13.0. The Morgan fingerprint density at radius 1 is 1.25 bits per heavy atom. The van der Waals surface area contributed by atoms with Crippen molar-refractivity contribution in [1.82, 2.24) is 5.32 Å². The van der Waals surface area contributed by atoms with Crippen LogP contribution in [0.5, 0.6) is 0 Å². The van der Waals surface area contributed by atoms with Crippen LogP contribution in [-0.2, 0) is 6.42 Å². The molecule has 0 aliphatic carbocycles. The minimum absolute atomic E-state index is 0.599. The van der Waals surface area contributed by atoms with Crippen molar-refractivity contribution in [3.8, 4) is 0 Å². The lowest BCUT2D eigenvalue weighted by Gasteiger charge is -2.12. The summed E-state index contributed by atoms with van der Waals surface area (Å²) in [4.78, 5) is 0. The second-order valence-electron chi connectivity index (χ2n) is 4.28. The molecule has 0 spiro atoms. The quantitative estimate of drug-likeness (QED) is 0.785. The molecule has 0 radical (unpaired) electrons. The highest BCUT2D eigenvalue weighted by Crippen LogP contribution is 2.09. The van der Waals surface area contributed by atoms with E-state index in [2.05, 4.69) is 55.7 Å². The van der Waals surface area contributed by atoms with Crippen molar-refractivity contribution in [2.24, 2.45) is 5.92 Å². The van der Waals surface area contributed by atoms with Gasteiger partial charge in [-0.2, -0.15) is 0 Å². The van der Waals surface area contributed by atoms with E-state index in [1.54, 1.807) is 0 Å². The standard InChI is InChI=1S/C13H20N2S/c1-4-11-5-7-12(8-6-11)15-13(16)14-9-10(2)3/h5-8,10H,4,9H2,1-3H3,(H2,14,15,16). The van der Waals surface area contributed by atoms with Crippen LogP contribution < -0.4 is 10.6 Å². The fourth-order valence-electron chi connectivity index (χ4n) is 1.30. The highest BCUT2D eigenvalue weighted by Gasteiger charge is 1.98. The first-order chi connectivity index (χ1) is 7.61. The molecule has 0 aliphatic rings. The Balaban J connectivity index is 2.43. The van der Waals surface area contributed by atoms with Gasteiger partial charge in [0, 0.05) is 12.2 Å². The normalized spacial score (nSPS) is 10.2. The van der Waals surface area contributed by atoms with Gasteiger partial charge in [0.1, 0.15) is 0 Å². The van der Waals surface area contributed by atoms with E-state index in [9.17, 15) is 0 Å². The van der Waals surface area contributed by atoms with Gasteiger partial charge in [0.15, 0.2) is 5.11 Å². The molecule has 2 nitrogen and oxygen atoms in total. The third kappa shape index (κ3) is 4.62. The smallest absolute Gasteiger partial charge is 0.170 e. The van der Waals surface area contributed by atoms with Gasteiger partial charge in [-0.25, -0.2) is 0 Å². The molecule has 0 saturated carbocycles. The van der Waals surface area contributed by atoms with Crippen molar-refractivity contribution in [3.05, 3.63) is 29.8 Å². The molecule has 2 N–H and O–H groups in total. The van der Waals surface area contributed by atoms with Gasteiger partial charge in [-0.15, -0.1) is 0 Å². The first-order valence-electron chi connectivity index (χ1n) is 5.75. The molecule has 0 saturated heterocycles. The molecule has 1 rings (SSSR count). The number of hydrogen-bond donors (Lipinski definition) is 2. The third-order valence-corrected chi connectivity index (χ3v) is 2.54. The summed E-state index contributed by atoms with van der Waals surface area (Å²) in [5, 5.41) is 7.04. The maximum absolute atomic E-state index is 5.19. The fourth-order valence-corrected chi connectivity index (χ4v) is 1.50. The van der Waals surface area contributed by atoms with Crippen LogP contribution in [0.25, 0.3) is 0 Å². The average Bonchev–Trinajstić information content (AvgIpc) is 2.27. The molecule has 0 fully saturated rings. The molecule has 16 heavy (non-hydrogen) atoms. The van der Waals surface area contributed by atoms with E-state index in [1.807, 2.05) is 0 Å². The number of nitrogens with one attached hydrogen (secondary N) is 2. The van der Waals surface area contributed by atoms with Gasteiger partial charge in [-0.3, -0.25) is 0 Å². The zero-order valence-electron chi connectivity index (χ0n) is 10.2. The molecule has 0 atom stereocenters. The van der Waals surface area contributed by atoms with Crippen LogP contribution in [0.2, 0.25) is 0 Å². The van der Waals surface area contributed by atoms with E-state index in [-0.39, 0.29) is 0 Å². The van der Waals surface area contributed by atoms with Crippen molar-refractivity contribution in [1.29, 1.82) is 0 Å². The third-order valence-electron chi connectivity index (χ3n) is 2.29. The first-order valence-corrected chi connectivity index (χ1v) is 6.16. The zero-order chi connectivity index (χ0) is 12.0. The van der Waals surface area contributed by atoms with Gasteiger partial charge in [-0.05, 0) is 42.3 Å². The molecule has 0 heterocycles. The van der Waals surface area contributed by atoms with Gasteiger partial charge >= 0.3 is 0 Å². The molecule has 3 heteroatoms. The van der Waals surface area contributed by atoms with Crippen LogP contribution in [0.15, 0.2) is 24.3 Å². The van der Waals surface area contributed by atoms with Crippen LogP contribution in [0.3, 0.4) is 0 Å². The van der Waals surface area contributed by atoms with Gasteiger partial charge < -0.3 is 10.6 Å². The summed E-state index contributed by atoms with van der Waals surface area (Å²) < 4.78 is 0. The summed E-state index contributed by atoms with van der Waals surface area (Å²) in [6, 6.07) is 8.35. The van der Waals surface area contributed by atoms with Gasteiger partial charge in [0.05, 0.1) is 0 Å². The monoisotopic (exact) mass is 236 g/mol. The van der Waals surface area contributed by atoms with Crippen molar-refractivity contribution in [2.45, 2.75) is 27.2 Å². The van der Waals surface area contributed by atoms with Crippen LogP contribution in [-0.4, -0.2) is 11.7 Å². The lowest BCUT2D eigenvalue weighted by Crippen LogP contribution is -2.31. The molecule has 0 bridgehead atoms. The summed E-state index contributed by atoms with van der Waals surface area (Å²) in [6.45, 7) is 7.37. The summed E-state index contributed by atoms with van der Waals surface area (Å²) >= 11 is 5.19. The summed E-state index contributed by atoms with van der Waals surface area (Å²) in [6.07, 6.45) is 1.07. The second kappa shape index (κ2) is 6.48. The van der Waals surface area contributed by atoms with E-state index in [4.69, 9.17) is 12.2 Å². The largest absolute Gasteiger partial charge is 0.362 e. The maximum Gasteiger partial charge on any atom is 0.170 e. The zero-order valence-corrected chi connectivity index (χ0v) is 11.0. The van der Waals surface area contributed by atoms with E-state index in [0.717, 1.165) is 18.7 Å². The number of benzene rings is 1. The summed E-state index contributed by atoms with van der Waals surface area (Å²) in [7, 11) is 0. The Morgan fingerprint density at radius 3 is 2.38 bits per heavy atom. The molecular weight excluding hydrogens is 216 g/mol. The molecule has 0 aromatic heterocycles. The molecule has 1 aromatic rings. The molecular formula is C13H20N2S. The van der Waals surface area contributed by atoms with Gasteiger partial charge in [0.25, 0.3) is 0 Å². The molecule has 0 unspecified atom stereocenters. The average molecular weight is 236 g/mol. The topological polar surface area (TPSA) is 24.1 Å². The predicted molar refractivity (Wildman–Crippen MR) is 74.9 cm³/mol. The number of hydrogen-bond acceptors (Lipinski definition) is 1. The van der Waals surface area contributed by atoms with Crippen LogP contribution in [0.1, 0.15) is 26.3 Å². The minimum Gasteiger partial charge on any atom is -0.362 e. The van der Waals surface area contributed by atoms with Gasteiger partial charge in [0.2, 0.25) is 0 Å². The summed E-state index contributed by atoms with van der Waals surface area (Å²) in [5.41, 5.74) is 2.38. The molecule has 1 aromatic carbocycles. The van der Waals surface area contributed by atoms with Crippen LogP contribution >= 0.6 is 12.2 Å². The fraction of sp³-hybridized carbons (Fsp3) is 0.462. The lowest BCUT2D eigenvalue weighted by molar-refractivity contribution is 0.627. The van der Waals surface area contributed by atoms with Gasteiger partial charge in [-0.1, -0.05) is 32.9 Å². The van der Waals surface area contributed by atoms with Crippen molar-refractivity contribution >= 4 is 23.0 Å². The van der Waals surface area contributed by atoms with Crippen molar-refractivity contribution in [2.75, 3.05) is 11.9 Å². The van der Waals surface area contributed by atoms with E-state index >= 15 is 0 Å². The van der Waals surface area contributed by atoms with E-state index < -0.39 is 0 Å². The van der Waals surface area contributed by atoms with Crippen LogP contribution in [0, 0.1) is 5.92 Å².